The fourth-order valence-corrected chi connectivity index (χ4v) is 2.08. The van der Waals surface area contributed by atoms with E-state index in [-0.39, 0.29) is 12.1 Å². The van der Waals surface area contributed by atoms with Gasteiger partial charge in [-0.25, -0.2) is 4.39 Å². The second kappa shape index (κ2) is 4.70. The summed E-state index contributed by atoms with van der Waals surface area (Å²) in [5.74, 6) is -0.421. The number of benzene rings is 1. The molecule has 16 heavy (non-hydrogen) atoms. The van der Waals surface area contributed by atoms with E-state index < -0.39 is 5.79 Å². The normalized spacial score (nSPS) is 28.8. The van der Waals surface area contributed by atoms with E-state index in [0.717, 1.165) is 12.0 Å². The van der Waals surface area contributed by atoms with Gasteiger partial charge in [-0.2, -0.15) is 0 Å². The summed E-state index contributed by atoms with van der Waals surface area (Å²) in [4.78, 5) is 0. The van der Waals surface area contributed by atoms with Gasteiger partial charge in [0.1, 0.15) is 5.82 Å². The number of rotatable bonds is 4. The molecule has 0 spiro atoms. The van der Waals surface area contributed by atoms with Crippen molar-refractivity contribution in [2.24, 2.45) is 0 Å². The minimum Gasteiger partial charge on any atom is -0.317 e. The van der Waals surface area contributed by atoms with Crippen LogP contribution in [0.15, 0.2) is 24.3 Å². The molecule has 0 bridgehead atoms. The Labute approximate surface area is 99.3 Å². The van der Waals surface area contributed by atoms with Gasteiger partial charge in [-0.1, -0.05) is 12.1 Å². The maximum absolute atomic E-state index is 12.8. The molecule has 1 aliphatic heterocycles. The molecule has 0 aromatic heterocycles. The molecule has 1 heterocycles. The lowest BCUT2D eigenvalue weighted by Crippen LogP contribution is -2.49. The molecule has 0 amide bonds. The quantitative estimate of drug-likeness (QED) is 0.756. The average Bonchev–Trinajstić information content (AvgIpc) is 2.24. The molecule has 0 unspecified atom stereocenters. The van der Waals surface area contributed by atoms with Crippen LogP contribution in [-0.4, -0.2) is 12.2 Å². The third-order valence-electron chi connectivity index (χ3n) is 2.64. The van der Waals surface area contributed by atoms with Crippen molar-refractivity contribution < 1.29 is 13.9 Å². The van der Waals surface area contributed by atoms with Crippen molar-refractivity contribution in [1.82, 2.24) is 0 Å². The highest BCUT2D eigenvalue weighted by Gasteiger charge is 2.45. The van der Waals surface area contributed by atoms with Crippen LogP contribution in [0.1, 0.15) is 25.3 Å². The highest BCUT2D eigenvalue weighted by molar-refractivity contribution is 6.17. The SMILES string of the molecule is CC1OC(CCCCl)(c2ccc(F)cc2)O1. The number of halogens is 2. The zero-order valence-corrected chi connectivity index (χ0v) is 9.84. The molecule has 0 aliphatic carbocycles. The van der Waals surface area contributed by atoms with E-state index in [2.05, 4.69) is 0 Å². The minimum atomic E-state index is -0.720. The van der Waals surface area contributed by atoms with E-state index in [1.807, 2.05) is 6.92 Å². The molecule has 1 aromatic rings. The molecule has 4 heteroatoms. The lowest BCUT2D eigenvalue weighted by Gasteiger charge is -2.46. The predicted molar refractivity (Wildman–Crippen MR) is 59.7 cm³/mol. The number of hydrogen-bond acceptors (Lipinski definition) is 2. The first-order valence-corrected chi connectivity index (χ1v) is 5.87. The second-order valence-corrected chi connectivity index (χ2v) is 4.23. The fourth-order valence-electron chi connectivity index (χ4n) is 1.95. The van der Waals surface area contributed by atoms with Gasteiger partial charge in [-0.15, -0.1) is 11.6 Å². The van der Waals surface area contributed by atoms with Gasteiger partial charge >= 0.3 is 0 Å². The molecule has 0 N–H and O–H groups in total. The maximum Gasteiger partial charge on any atom is 0.200 e. The first-order valence-electron chi connectivity index (χ1n) is 5.34. The van der Waals surface area contributed by atoms with Crippen LogP contribution in [0, 0.1) is 5.82 Å². The zero-order chi connectivity index (χ0) is 11.6. The van der Waals surface area contributed by atoms with Gasteiger partial charge in [0, 0.05) is 17.9 Å². The van der Waals surface area contributed by atoms with Gasteiger partial charge in [-0.3, -0.25) is 0 Å². The largest absolute Gasteiger partial charge is 0.317 e. The summed E-state index contributed by atoms with van der Waals surface area (Å²) in [6, 6.07) is 6.20. The summed E-state index contributed by atoms with van der Waals surface area (Å²) in [6.45, 7) is 1.84. The van der Waals surface area contributed by atoms with Crippen LogP contribution in [0.5, 0.6) is 0 Å². The Kier molecular flexibility index (Phi) is 3.47. The summed E-state index contributed by atoms with van der Waals surface area (Å²) in [5, 5.41) is 0. The fraction of sp³-hybridized carbons (Fsp3) is 0.500. The van der Waals surface area contributed by atoms with Crippen molar-refractivity contribution in [3.63, 3.8) is 0 Å². The molecule has 0 radical (unpaired) electrons. The van der Waals surface area contributed by atoms with E-state index in [4.69, 9.17) is 21.1 Å². The van der Waals surface area contributed by atoms with Crippen LogP contribution in [0.4, 0.5) is 4.39 Å². The van der Waals surface area contributed by atoms with Crippen molar-refractivity contribution in [3.8, 4) is 0 Å². The first-order chi connectivity index (χ1) is 7.66. The molecule has 88 valence electrons. The van der Waals surface area contributed by atoms with Crippen LogP contribution >= 0.6 is 11.6 Å². The van der Waals surface area contributed by atoms with Crippen LogP contribution in [0.2, 0.25) is 0 Å². The van der Waals surface area contributed by atoms with E-state index in [1.165, 1.54) is 12.1 Å². The molecule has 0 atom stereocenters. The standard InChI is InChI=1S/C12H14ClFO2/c1-9-15-12(16-9,7-2-8-13)10-3-5-11(14)6-4-10/h3-6,9H,2,7-8H2,1H3. The topological polar surface area (TPSA) is 18.5 Å². The second-order valence-electron chi connectivity index (χ2n) is 3.86. The average molecular weight is 245 g/mol. The Morgan fingerprint density at radius 3 is 2.44 bits per heavy atom. The Hall–Kier alpha value is -0.640. The van der Waals surface area contributed by atoms with Crippen molar-refractivity contribution >= 4 is 11.6 Å². The van der Waals surface area contributed by atoms with Crippen LogP contribution in [-0.2, 0) is 15.3 Å². The highest BCUT2D eigenvalue weighted by atomic mass is 35.5. The van der Waals surface area contributed by atoms with Gasteiger partial charge in [0.25, 0.3) is 0 Å². The number of hydrogen-bond donors (Lipinski definition) is 0. The number of alkyl halides is 1. The molecule has 1 fully saturated rings. The Morgan fingerprint density at radius 1 is 1.31 bits per heavy atom. The molecule has 1 aliphatic rings. The Balaban J connectivity index is 2.16. The molecular formula is C12H14ClFO2. The predicted octanol–water partition coefficient (Wildman–Crippen LogP) is 3.39. The van der Waals surface area contributed by atoms with Crippen molar-refractivity contribution in [3.05, 3.63) is 35.6 Å². The van der Waals surface area contributed by atoms with Gasteiger partial charge in [0.2, 0.25) is 0 Å². The van der Waals surface area contributed by atoms with Crippen molar-refractivity contribution in [1.29, 1.82) is 0 Å². The Bertz CT molecular complexity index is 347. The van der Waals surface area contributed by atoms with Crippen molar-refractivity contribution in [2.75, 3.05) is 5.88 Å². The molecule has 2 nitrogen and oxygen atoms in total. The molecule has 0 saturated carbocycles. The van der Waals surface area contributed by atoms with Crippen LogP contribution in [0.25, 0.3) is 0 Å². The molecular weight excluding hydrogens is 231 g/mol. The smallest absolute Gasteiger partial charge is 0.200 e. The van der Waals surface area contributed by atoms with Crippen molar-refractivity contribution in [2.45, 2.75) is 31.8 Å². The van der Waals surface area contributed by atoms with E-state index in [1.54, 1.807) is 12.1 Å². The highest BCUT2D eigenvalue weighted by Crippen LogP contribution is 2.42. The van der Waals surface area contributed by atoms with E-state index >= 15 is 0 Å². The molecule has 1 aromatic carbocycles. The van der Waals surface area contributed by atoms with Gasteiger partial charge in [0.05, 0.1) is 0 Å². The van der Waals surface area contributed by atoms with Gasteiger partial charge < -0.3 is 9.47 Å². The van der Waals surface area contributed by atoms with E-state index in [0.29, 0.717) is 12.3 Å². The summed E-state index contributed by atoms with van der Waals surface area (Å²) in [7, 11) is 0. The lowest BCUT2D eigenvalue weighted by atomic mass is 9.99. The van der Waals surface area contributed by atoms with Crippen LogP contribution < -0.4 is 0 Å². The molecule has 2 rings (SSSR count). The third-order valence-corrected chi connectivity index (χ3v) is 2.90. The maximum atomic E-state index is 12.8. The Morgan fingerprint density at radius 2 is 1.94 bits per heavy atom. The first kappa shape index (κ1) is 11.8. The summed E-state index contributed by atoms with van der Waals surface area (Å²) < 4.78 is 24.1. The van der Waals surface area contributed by atoms with Crippen LogP contribution in [0.3, 0.4) is 0 Å². The van der Waals surface area contributed by atoms with Gasteiger partial charge in [0.15, 0.2) is 12.1 Å². The summed E-state index contributed by atoms with van der Waals surface area (Å²) in [5.41, 5.74) is 0.845. The summed E-state index contributed by atoms with van der Waals surface area (Å²) in [6.07, 6.45) is 1.28. The van der Waals surface area contributed by atoms with E-state index in [9.17, 15) is 4.39 Å². The third kappa shape index (κ3) is 2.21. The molecule has 1 saturated heterocycles. The minimum absolute atomic E-state index is 0.208. The number of ether oxygens (including phenoxy) is 2. The van der Waals surface area contributed by atoms with Gasteiger partial charge in [-0.05, 0) is 25.5 Å². The summed E-state index contributed by atoms with van der Waals surface area (Å²) >= 11 is 5.67. The lowest BCUT2D eigenvalue weighted by molar-refractivity contribution is -0.458. The monoisotopic (exact) mass is 244 g/mol. The zero-order valence-electron chi connectivity index (χ0n) is 9.08.